The van der Waals surface area contributed by atoms with Crippen molar-refractivity contribution in [1.82, 2.24) is 5.32 Å². The topological polar surface area (TPSA) is 12.0 Å². The van der Waals surface area contributed by atoms with Gasteiger partial charge in [0.2, 0.25) is 0 Å². The van der Waals surface area contributed by atoms with E-state index in [1.54, 1.807) is 0 Å². The molecule has 1 aromatic carbocycles. The molecule has 1 nitrogen and oxygen atoms in total. The van der Waals surface area contributed by atoms with Crippen LogP contribution in [0.15, 0.2) is 24.3 Å². The monoisotopic (exact) mass is 235 g/mol. The van der Waals surface area contributed by atoms with Gasteiger partial charge in [-0.1, -0.05) is 45.0 Å². The second kappa shape index (κ2) is 4.80. The number of nitrogens with one attached hydrogen (secondary N) is 1. The van der Waals surface area contributed by atoms with Gasteiger partial charge in [-0.3, -0.25) is 0 Å². The number of rotatable bonds is 2. The summed E-state index contributed by atoms with van der Waals surface area (Å²) in [6, 6.07) is 9.36. The third-order valence-corrected chi connectivity index (χ3v) is 3.94. The lowest BCUT2D eigenvalue weighted by Crippen LogP contribution is -2.33. The molecule has 1 N–H and O–H groups in total. The van der Waals surface area contributed by atoms with Gasteiger partial charge in [0.1, 0.15) is 0 Å². The van der Waals surface area contributed by atoms with Crippen LogP contribution in [0, 0.1) is 5.41 Å². The summed E-state index contributed by atoms with van der Waals surface area (Å²) < 4.78 is 0. The summed E-state index contributed by atoms with van der Waals surface area (Å²) >= 11 is 2.03. The summed E-state index contributed by atoms with van der Waals surface area (Å²) in [5.41, 5.74) is 3.37. The molecular weight excluding hydrogens is 214 g/mol. The molecule has 2 heteroatoms. The van der Waals surface area contributed by atoms with Crippen LogP contribution in [0.1, 0.15) is 37.9 Å². The summed E-state index contributed by atoms with van der Waals surface area (Å²) in [6.07, 6.45) is 0. The SMILES string of the molecule is CC(C)(C)CNC1CSCc2ccccc21. The normalized spacial score (nSPS) is 20.6. The Morgan fingerprint density at radius 3 is 2.81 bits per heavy atom. The summed E-state index contributed by atoms with van der Waals surface area (Å²) in [5.74, 6) is 2.37. The van der Waals surface area contributed by atoms with Gasteiger partial charge in [-0.25, -0.2) is 0 Å². The van der Waals surface area contributed by atoms with Gasteiger partial charge < -0.3 is 5.32 Å². The minimum atomic E-state index is 0.358. The van der Waals surface area contributed by atoms with Crippen LogP contribution in [0.25, 0.3) is 0 Å². The van der Waals surface area contributed by atoms with E-state index in [0.717, 1.165) is 6.54 Å². The van der Waals surface area contributed by atoms with Gasteiger partial charge in [-0.05, 0) is 16.5 Å². The fraction of sp³-hybridized carbons (Fsp3) is 0.571. The molecule has 1 heterocycles. The van der Waals surface area contributed by atoms with Crippen LogP contribution in [-0.2, 0) is 5.75 Å². The van der Waals surface area contributed by atoms with Gasteiger partial charge in [0, 0.05) is 24.1 Å². The van der Waals surface area contributed by atoms with Gasteiger partial charge in [0.05, 0.1) is 0 Å². The molecule has 0 aliphatic carbocycles. The van der Waals surface area contributed by atoms with Gasteiger partial charge >= 0.3 is 0 Å². The van der Waals surface area contributed by atoms with Crippen molar-refractivity contribution in [2.45, 2.75) is 32.6 Å². The molecule has 0 aromatic heterocycles. The van der Waals surface area contributed by atoms with Crippen LogP contribution in [0.2, 0.25) is 0 Å². The Morgan fingerprint density at radius 2 is 2.06 bits per heavy atom. The molecule has 16 heavy (non-hydrogen) atoms. The predicted octanol–water partition coefficient (Wildman–Crippen LogP) is 3.61. The van der Waals surface area contributed by atoms with E-state index in [9.17, 15) is 0 Å². The average Bonchev–Trinajstić information content (AvgIpc) is 2.25. The van der Waals surface area contributed by atoms with Crippen molar-refractivity contribution in [2.24, 2.45) is 5.41 Å². The van der Waals surface area contributed by atoms with E-state index in [2.05, 4.69) is 50.4 Å². The lowest BCUT2D eigenvalue weighted by atomic mass is 9.95. The van der Waals surface area contributed by atoms with Gasteiger partial charge in [0.25, 0.3) is 0 Å². The first-order chi connectivity index (χ1) is 7.56. The minimum absolute atomic E-state index is 0.358. The zero-order valence-corrected chi connectivity index (χ0v) is 11.2. The molecule has 2 rings (SSSR count). The van der Waals surface area contributed by atoms with Crippen LogP contribution in [0.4, 0.5) is 0 Å². The molecule has 0 amide bonds. The zero-order valence-electron chi connectivity index (χ0n) is 10.4. The van der Waals surface area contributed by atoms with Crippen LogP contribution in [-0.4, -0.2) is 12.3 Å². The third kappa shape index (κ3) is 3.02. The minimum Gasteiger partial charge on any atom is -0.309 e. The molecule has 1 aromatic rings. The molecule has 1 atom stereocenters. The van der Waals surface area contributed by atoms with Crippen LogP contribution < -0.4 is 5.32 Å². The molecule has 0 saturated carbocycles. The fourth-order valence-corrected chi connectivity index (χ4v) is 3.11. The lowest BCUT2D eigenvalue weighted by Gasteiger charge is -2.29. The average molecular weight is 235 g/mol. The first-order valence-electron chi connectivity index (χ1n) is 5.95. The highest BCUT2D eigenvalue weighted by Crippen LogP contribution is 2.31. The smallest absolute Gasteiger partial charge is 0.0415 e. The van der Waals surface area contributed by atoms with Crippen molar-refractivity contribution in [3.05, 3.63) is 35.4 Å². The second-order valence-corrected chi connectivity index (χ2v) is 6.74. The summed E-state index contributed by atoms with van der Waals surface area (Å²) in [4.78, 5) is 0. The van der Waals surface area contributed by atoms with Crippen LogP contribution in [0.3, 0.4) is 0 Å². The molecular formula is C14H21NS. The maximum Gasteiger partial charge on any atom is 0.0415 e. The van der Waals surface area contributed by atoms with E-state index in [0.29, 0.717) is 11.5 Å². The summed E-state index contributed by atoms with van der Waals surface area (Å²) in [6.45, 7) is 7.91. The molecule has 0 fully saturated rings. The van der Waals surface area contributed by atoms with E-state index in [1.165, 1.54) is 22.6 Å². The Kier molecular flexibility index (Phi) is 3.60. The Labute approximate surface area is 103 Å². The Balaban J connectivity index is 2.07. The van der Waals surface area contributed by atoms with Gasteiger partial charge in [0.15, 0.2) is 0 Å². The predicted molar refractivity (Wildman–Crippen MR) is 72.8 cm³/mol. The van der Waals surface area contributed by atoms with Crippen molar-refractivity contribution in [3.63, 3.8) is 0 Å². The standard InChI is InChI=1S/C14H21NS/c1-14(2,3)10-15-13-9-16-8-11-6-4-5-7-12(11)13/h4-7,13,15H,8-10H2,1-3H3. The molecule has 0 spiro atoms. The first-order valence-corrected chi connectivity index (χ1v) is 7.11. The van der Waals surface area contributed by atoms with E-state index < -0.39 is 0 Å². The maximum absolute atomic E-state index is 3.70. The molecule has 1 aliphatic heterocycles. The quantitative estimate of drug-likeness (QED) is 0.840. The molecule has 88 valence electrons. The number of fused-ring (bicyclic) bond motifs is 1. The van der Waals surface area contributed by atoms with E-state index >= 15 is 0 Å². The number of benzene rings is 1. The largest absolute Gasteiger partial charge is 0.309 e. The fourth-order valence-electron chi connectivity index (χ4n) is 1.98. The molecule has 1 unspecified atom stereocenters. The number of hydrogen-bond acceptors (Lipinski definition) is 2. The highest BCUT2D eigenvalue weighted by atomic mass is 32.2. The van der Waals surface area contributed by atoms with Crippen molar-refractivity contribution < 1.29 is 0 Å². The highest BCUT2D eigenvalue weighted by Gasteiger charge is 2.21. The molecule has 0 bridgehead atoms. The van der Waals surface area contributed by atoms with Gasteiger partial charge in [-0.15, -0.1) is 0 Å². The highest BCUT2D eigenvalue weighted by molar-refractivity contribution is 7.98. The number of thioether (sulfide) groups is 1. The summed E-state index contributed by atoms with van der Waals surface area (Å²) in [5, 5.41) is 3.70. The van der Waals surface area contributed by atoms with Crippen molar-refractivity contribution >= 4 is 11.8 Å². The third-order valence-electron chi connectivity index (χ3n) is 2.85. The second-order valence-electron chi connectivity index (χ2n) is 5.71. The van der Waals surface area contributed by atoms with E-state index in [4.69, 9.17) is 0 Å². The summed E-state index contributed by atoms with van der Waals surface area (Å²) in [7, 11) is 0. The van der Waals surface area contributed by atoms with Crippen molar-refractivity contribution in [1.29, 1.82) is 0 Å². The first kappa shape index (κ1) is 12.0. The molecule has 0 radical (unpaired) electrons. The maximum atomic E-state index is 3.70. The lowest BCUT2D eigenvalue weighted by molar-refractivity contribution is 0.360. The molecule has 1 aliphatic rings. The van der Waals surface area contributed by atoms with Crippen LogP contribution >= 0.6 is 11.8 Å². The Bertz CT molecular complexity index is 354. The van der Waals surface area contributed by atoms with Gasteiger partial charge in [-0.2, -0.15) is 11.8 Å². The molecule has 0 saturated heterocycles. The number of hydrogen-bond donors (Lipinski definition) is 1. The van der Waals surface area contributed by atoms with Crippen LogP contribution in [0.5, 0.6) is 0 Å². The van der Waals surface area contributed by atoms with Crippen molar-refractivity contribution in [3.8, 4) is 0 Å². The van der Waals surface area contributed by atoms with Crippen molar-refractivity contribution in [2.75, 3.05) is 12.3 Å². The zero-order chi connectivity index (χ0) is 11.6. The van der Waals surface area contributed by atoms with E-state index in [-0.39, 0.29) is 0 Å². The van der Waals surface area contributed by atoms with E-state index in [1.807, 2.05) is 11.8 Å². The Morgan fingerprint density at radius 1 is 1.31 bits per heavy atom. The Hall–Kier alpha value is -0.470.